The summed E-state index contributed by atoms with van der Waals surface area (Å²) >= 11 is 0. The summed E-state index contributed by atoms with van der Waals surface area (Å²) in [6.07, 6.45) is 1.56. The Kier molecular flexibility index (Phi) is 2.84. The van der Waals surface area contributed by atoms with Crippen LogP contribution in [0.5, 0.6) is 5.75 Å². The maximum atomic E-state index is 12.8. The summed E-state index contributed by atoms with van der Waals surface area (Å²) in [5.41, 5.74) is 1.45. The molecule has 0 aromatic heterocycles. The molecule has 6 heteroatoms. The van der Waals surface area contributed by atoms with Gasteiger partial charge in [-0.25, -0.2) is 9.36 Å². The van der Waals surface area contributed by atoms with E-state index in [9.17, 15) is 9.59 Å². The molecule has 0 aliphatic carbocycles. The molecule has 2 aromatic carbocycles. The van der Waals surface area contributed by atoms with Crippen LogP contribution in [0, 0.1) is 0 Å². The largest absolute Gasteiger partial charge is 0.497 e. The van der Waals surface area contributed by atoms with Crippen LogP contribution in [0.15, 0.2) is 64.3 Å². The van der Waals surface area contributed by atoms with E-state index in [-0.39, 0.29) is 5.56 Å². The highest BCUT2D eigenvalue weighted by Gasteiger charge is 2.20. The number of imidazole rings is 1. The van der Waals surface area contributed by atoms with Crippen molar-refractivity contribution in [1.82, 2.24) is 14.1 Å². The Labute approximate surface area is 130 Å². The van der Waals surface area contributed by atoms with Gasteiger partial charge in [0.1, 0.15) is 11.4 Å². The number of hydrogen-bond acceptors (Lipinski definition) is 3. The fourth-order valence-corrected chi connectivity index (χ4v) is 2.77. The van der Waals surface area contributed by atoms with Gasteiger partial charge in [-0.15, -0.1) is 0 Å². The highest BCUT2D eigenvalue weighted by molar-refractivity contribution is 5.77. The highest BCUT2D eigenvalue weighted by atomic mass is 16.5. The maximum absolute atomic E-state index is 12.8. The van der Waals surface area contributed by atoms with Crippen molar-refractivity contribution in [2.75, 3.05) is 7.11 Å². The van der Waals surface area contributed by atoms with Gasteiger partial charge in [0.05, 0.1) is 23.8 Å². The number of fused-ring (bicyclic) bond motifs is 3. The van der Waals surface area contributed by atoms with E-state index in [0.29, 0.717) is 22.6 Å². The lowest BCUT2D eigenvalue weighted by Gasteiger charge is -2.05. The normalized spacial score (nSPS) is 11.2. The molecule has 0 saturated heterocycles. The van der Waals surface area contributed by atoms with Crippen LogP contribution < -0.4 is 16.0 Å². The lowest BCUT2D eigenvalue weighted by atomic mass is 10.3. The molecule has 4 rings (SSSR count). The minimum Gasteiger partial charge on any atom is -0.497 e. The molecule has 6 nitrogen and oxygen atoms in total. The SMILES string of the molecule is COc1cccc(-n2c(=O)c3c[nH]c4ccccc4n-3c2=O)c1. The molecule has 0 fully saturated rings. The number of ether oxygens (including phenoxy) is 1. The zero-order valence-electron chi connectivity index (χ0n) is 12.3. The summed E-state index contributed by atoms with van der Waals surface area (Å²) in [5, 5.41) is 0. The lowest BCUT2D eigenvalue weighted by Crippen LogP contribution is -2.25. The van der Waals surface area contributed by atoms with E-state index in [2.05, 4.69) is 4.98 Å². The van der Waals surface area contributed by atoms with Gasteiger partial charge < -0.3 is 9.72 Å². The Morgan fingerprint density at radius 1 is 1.00 bits per heavy atom. The van der Waals surface area contributed by atoms with E-state index in [1.54, 1.807) is 43.6 Å². The van der Waals surface area contributed by atoms with Gasteiger partial charge in [-0.1, -0.05) is 18.2 Å². The number of aromatic amines is 1. The van der Waals surface area contributed by atoms with Crippen LogP contribution in [0.3, 0.4) is 0 Å². The molecule has 2 aromatic rings. The Bertz CT molecular complexity index is 1100. The maximum Gasteiger partial charge on any atom is 0.341 e. The van der Waals surface area contributed by atoms with Gasteiger partial charge in [-0.2, -0.15) is 0 Å². The number of H-pyrrole nitrogens is 1. The number of rotatable bonds is 2. The molecule has 0 amide bonds. The Balaban J connectivity index is 2.12. The van der Waals surface area contributed by atoms with Gasteiger partial charge in [0.15, 0.2) is 0 Å². The smallest absolute Gasteiger partial charge is 0.341 e. The molecule has 114 valence electrons. The fourth-order valence-electron chi connectivity index (χ4n) is 2.77. The predicted molar refractivity (Wildman–Crippen MR) is 87.2 cm³/mol. The van der Waals surface area contributed by atoms with Crippen molar-refractivity contribution in [2.45, 2.75) is 0 Å². The minimum atomic E-state index is -0.400. The first kappa shape index (κ1) is 13.4. The second kappa shape index (κ2) is 4.88. The molecule has 0 bridgehead atoms. The van der Waals surface area contributed by atoms with Crippen LogP contribution in [0.25, 0.3) is 22.4 Å². The second-order valence-corrected chi connectivity index (χ2v) is 5.15. The topological polar surface area (TPSA) is 69.0 Å². The standard InChI is InChI=1S/C17H13N3O3/c1-23-12-6-4-5-11(9-12)19-16(21)15-10-18-13-7-2-3-8-14(13)20(15)17(19)22/h2-10,18H,1H3. The fraction of sp³-hybridized carbons (Fsp3) is 0.0588. The van der Waals surface area contributed by atoms with E-state index in [1.165, 1.54) is 4.57 Å². The zero-order valence-corrected chi connectivity index (χ0v) is 12.3. The number of para-hydroxylation sites is 2. The van der Waals surface area contributed by atoms with Crippen molar-refractivity contribution in [3.8, 4) is 17.1 Å². The van der Waals surface area contributed by atoms with E-state index in [1.807, 2.05) is 18.2 Å². The summed E-state index contributed by atoms with van der Waals surface area (Å²) in [7, 11) is 1.54. The monoisotopic (exact) mass is 307 g/mol. The number of nitrogens with zero attached hydrogens (tertiary/aromatic N) is 2. The third kappa shape index (κ3) is 1.88. The van der Waals surface area contributed by atoms with Gasteiger partial charge in [0.2, 0.25) is 0 Å². The molecule has 0 unspecified atom stereocenters. The van der Waals surface area contributed by atoms with Gasteiger partial charge >= 0.3 is 5.69 Å². The molecule has 0 saturated carbocycles. The molecule has 2 heterocycles. The molecule has 0 radical (unpaired) electrons. The minimum absolute atomic E-state index is 0.302. The van der Waals surface area contributed by atoms with Crippen molar-refractivity contribution in [3.63, 3.8) is 0 Å². The molecule has 0 spiro atoms. The van der Waals surface area contributed by atoms with Gasteiger partial charge in [-0.3, -0.25) is 9.36 Å². The van der Waals surface area contributed by atoms with Crippen LogP contribution in [0.1, 0.15) is 0 Å². The summed E-state index contributed by atoms with van der Waals surface area (Å²) in [6, 6.07) is 14.2. The average molecular weight is 307 g/mol. The predicted octanol–water partition coefficient (Wildman–Crippen LogP) is 1.92. The van der Waals surface area contributed by atoms with E-state index >= 15 is 0 Å². The average Bonchev–Trinajstić information content (AvgIpc) is 2.86. The first-order valence-electron chi connectivity index (χ1n) is 7.09. The van der Waals surface area contributed by atoms with Crippen LogP contribution in [-0.4, -0.2) is 21.2 Å². The quantitative estimate of drug-likeness (QED) is 0.615. The summed E-state index contributed by atoms with van der Waals surface area (Å²) in [5.74, 6) is 0.584. The van der Waals surface area contributed by atoms with E-state index in [0.717, 1.165) is 10.1 Å². The third-order valence-corrected chi connectivity index (χ3v) is 3.87. The number of aromatic nitrogens is 3. The summed E-state index contributed by atoms with van der Waals surface area (Å²) in [6.45, 7) is 0. The number of hydrogen-bond donors (Lipinski definition) is 1. The first-order valence-corrected chi connectivity index (χ1v) is 7.09. The molecular weight excluding hydrogens is 294 g/mol. The summed E-state index contributed by atoms with van der Waals surface area (Å²) in [4.78, 5) is 28.6. The number of methoxy groups -OCH3 is 1. The second-order valence-electron chi connectivity index (χ2n) is 5.15. The molecule has 23 heavy (non-hydrogen) atoms. The Hall–Kier alpha value is -3.28. The first-order chi connectivity index (χ1) is 11.2. The third-order valence-electron chi connectivity index (χ3n) is 3.87. The van der Waals surface area contributed by atoms with Crippen LogP contribution in [0.4, 0.5) is 0 Å². The van der Waals surface area contributed by atoms with Gasteiger partial charge in [0, 0.05) is 12.3 Å². The molecule has 0 atom stereocenters. The van der Waals surface area contributed by atoms with Crippen molar-refractivity contribution in [3.05, 3.63) is 75.6 Å². The molecule has 2 aliphatic rings. The van der Waals surface area contributed by atoms with Crippen molar-refractivity contribution < 1.29 is 4.74 Å². The van der Waals surface area contributed by atoms with Crippen molar-refractivity contribution in [2.24, 2.45) is 0 Å². The number of nitrogens with one attached hydrogen (secondary N) is 1. The van der Waals surface area contributed by atoms with Crippen LogP contribution >= 0.6 is 0 Å². The lowest BCUT2D eigenvalue weighted by molar-refractivity contribution is 0.414. The Morgan fingerprint density at radius 2 is 1.83 bits per heavy atom. The van der Waals surface area contributed by atoms with E-state index < -0.39 is 5.69 Å². The highest BCUT2D eigenvalue weighted by Crippen LogP contribution is 2.17. The van der Waals surface area contributed by atoms with Crippen molar-refractivity contribution in [1.29, 1.82) is 0 Å². The molecular formula is C17H13N3O3. The zero-order chi connectivity index (χ0) is 16.0. The van der Waals surface area contributed by atoms with Crippen LogP contribution in [-0.2, 0) is 0 Å². The Morgan fingerprint density at radius 3 is 2.65 bits per heavy atom. The molecule has 1 N–H and O–H groups in total. The number of benzene rings is 2. The van der Waals surface area contributed by atoms with E-state index in [4.69, 9.17) is 4.74 Å². The molecule has 2 aliphatic heterocycles. The van der Waals surface area contributed by atoms with Gasteiger partial charge in [-0.05, 0) is 24.3 Å². The van der Waals surface area contributed by atoms with Gasteiger partial charge in [0.25, 0.3) is 5.56 Å². The van der Waals surface area contributed by atoms with Crippen LogP contribution in [0.2, 0.25) is 0 Å². The summed E-state index contributed by atoms with van der Waals surface area (Å²) < 4.78 is 7.75. The van der Waals surface area contributed by atoms with Crippen molar-refractivity contribution >= 4 is 11.0 Å².